The fourth-order valence-corrected chi connectivity index (χ4v) is 5.21. The molecule has 1 aliphatic carbocycles. The fraction of sp³-hybridized carbons (Fsp3) is 0.297. The van der Waals surface area contributed by atoms with Crippen molar-refractivity contribution in [3.63, 3.8) is 0 Å². The number of aliphatic hydroxyl groups is 1. The summed E-state index contributed by atoms with van der Waals surface area (Å²) in [5.74, 6) is 0. The molecule has 0 amide bonds. The Morgan fingerprint density at radius 2 is 0.929 bits per heavy atom. The first kappa shape index (κ1) is 29.9. The van der Waals surface area contributed by atoms with Gasteiger partial charge < -0.3 is 24.1 Å². The van der Waals surface area contributed by atoms with Gasteiger partial charge in [-0.1, -0.05) is 127 Å². The summed E-state index contributed by atoms with van der Waals surface area (Å²) in [6.45, 7) is 2.01. The number of benzene rings is 4. The molecule has 42 heavy (non-hydrogen) atoms. The van der Waals surface area contributed by atoms with Crippen LogP contribution in [-0.2, 0) is 45.4 Å². The molecule has 1 aliphatic rings. The molecule has 5 nitrogen and oxygen atoms in total. The Hall–Kier alpha value is -3.58. The van der Waals surface area contributed by atoms with Crippen molar-refractivity contribution in [1.82, 2.24) is 0 Å². The molecule has 1 N–H and O–H groups in total. The monoisotopic (exact) mass is 564 g/mol. The van der Waals surface area contributed by atoms with Crippen LogP contribution in [0.1, 0.15) is 35.1 Å². The van der Waals surface area contributed by atoms with Gasteiger partial charge in [-0.15, -0.1) is 0 Å². The molecular formula is C37H40O5. The highest BCUT2D eigenvalue weighted by Crippen LogP contribution is 2.29. The zero-order chi connectivity index (χ0) is 28.8. The van der Waals surface area contributed by atoms with Crippen molar-refractivity contribution in [2.75, 3.05) is 6.61 Å². The average Bonchev–Trinajstić information content (AvgIpc) is 3.04. The molecule has 5 rings (SSSR count). The van der Waals surface area contributed by atoms with Gasteiger partial charge in [-0.25, -0.2) is 0 Å². The lowest BCUT2D eigenvalue weighted by Crippen LogP contribution is -2.50. The van der Waals surface area contributed by atoms with Gasteiger partial charge in [-0.05, 0) is 40.7 Å². The summed E-state index contributed by atoms with van der Waals surface area (Å²) in [5, 5.41) is 11.4. The van der Waals surface area contributed by atoms with E-state index in [2.05, 4.69) is 30.3 Å². The Morgan fingerprint density at radius 3 is 1.43 bits per heavy atom. The number of rotatable bonds is 13. The van der Waals surface area contributed by atoms with E-state index < -0.39 is 24.4 Å². The maximum absolute atomic E-state index is 11.4. The summed E-state index contributed by atoms with van der Waals surface area (Å²) >= 11 is 0. The predicted molar refractivity (Wildman–Crippen MR) is 164 cm³/mol. The third-order valence-electron chi connectivity index (χ3n) is 7.46. The minimum Gasteiger partial charge on any atom is -0.390 e. The van der Waals surface area contributed by atoms with Gasteiger partial charge in [0, 0.05) is 0 Å². The minimum absolute atomic E-state index is 0.364. The SMILES string of the molecule is OC1CC/C=C(/COCc2ccccc2)C(OCc2ccccc2)C(OCc2ccccc2)C1OCc1ccccc1. The number of allylic oxidation sites excluding steroid dienone is 1. The van der Waals surface area contributed by atoms with E-state index in [9.17, 15) is 5.11 Å². The highest BCUT2D eigenvalue weighted by Gasteiger charge is 2.40. The van der Waals surface area contributed by atoms with E-state index in [1.807, 2.05) is 97.1 Å². The lowest BCUT2D eigenvalue weighted by atomic mass is 9.90. The quantitative estimate of drug-likeness (QED) is 0.177. The molecule has 218 valence electrons. The van der Waals surface area contributed by atoms with Crippen LogP contribution < -0.4 is 0 Å². The highest BCUT2D eigenvalue weighted by atomic mass is 16.6. The first-order chi connectivity index (χ1) is 20.8. The van der Waals surface area contributed by atoms with E-state index in [1.165, 1.54) is 0 Å². The molecule has 5 heteroatoms. The fourth-order valence-electron chi connectivity index (χ4n) is 5.21. The van der Waals surface area contributed by atoms with Crippen LogP contribution in [0.4, 0.5) is 0 Å². The van der Waals surface area contributed by atoms with Crippen molar-refractivity contribution in [2.24, 2.45) is 0 Å². The molecule has 0 fully saturated rings. The molecule has 0 aliphatic heterocycles. The Bertz CT molecular complexity index is 1330. The Kier molecular flexibility index (Phi) is 11.5. The topological polar surface area (TPSA) is 57.2 Å². The molecule has 4 atom stereocenters. The Morgan fingerprint density at radius 1 is 0.500 bits per heavy atom. The molecule has 0 heterocycles. The normalized spacial score (nSPS) is 22.1. The summed E-state index contributed by atoms with van der Waals surface area (Å²) < 4.78 is 26.1. The van der Waals surface area contributed by atoms with Crippen LogP contribution in [0.25, 0.3) is 0 Å². The second-order valence-electron chi connectivity index (χ2n) is 10.6. The molecule has 4 aromatic carbocycles. The summed E-state index contributed by atoms with van der Waals surface area (Å²) in [5.41, 5.74) is 5.26. The van der Waals surface area contributed by atoms with E-state index in [4.69, 9.17) is 18.9 Å². The number of hydrogen-bond donors (Lipinski definition) is 1. The second kappa shape index (κ2) is 16.2. The van der Waals surface area contributed by atoms with Crippen molar-refractivity contribution in [1.29, 1.82) is 0 Å². The third kappa shape index (κ3) is 8.96. The second-order valence-corrected chi connectivity index (χ2v) is 10.6. The van der Waals surface area contributed by atoms with Crippen LogP contribution in [0.2, 0.25) is 0 Å². The van der Waals surface area contributed by atoms with E-state index in [-0.39, 0.29) is 0 Å². The number of ether oxygens (including phenoxy) is 4. The largest absolute Gasteiger partial charge is 0.390 e. The molecule has 0 saturated heterocycles. The molecule has 0 bridgehead atoms. The van der Waals surface area contributed by atoms with Crippen molar-refractivity contribution < 1.29 is 24.1 Å². The van der Waals surface area contributed by atoms with Gasteiger partial charge in [0.15, 0.2) is 0 Å². The van der Waals surface area contributed by atoms with Gasteiger partial charge in [0.2, 0.25) is 0 Å². The summed E-state index contributed by atoms with van der Waals surface area (Å²) in [4.78, 5) is 0. The van der Waals surface area contributed by atoms with Gasteiger partial charge in [-0.3, -0.25) is 0 Å². The molecular weight excluding hydrogens is 524 g/mol. The minimum atomic E-state index is -0.722. The van der Waals surface area contributed by atoms with Gasteiger partial charge in [0.25, 0.3) is 0 Å². The van der Waals surface area contributed by atoms with Gasteiger partial charge in [0.1, 0.15) is 18.3 Å². The standard InChI is InChI=1S/C37H40O5/c38-34-23-13-22-33(28-39-24-29-14-5-1-6-15-29)35(40-25-30-16-7-2-8-17-30)37(42-27-32-20-11-4-12-21-32)36(34)41-26-31-18-9-3-10-19-31/h1-12,14-22,34-38H,13,23-28H2/b33-22-. The lowest BCUT2D eigenvalue weighted by Gasteiger charge is -2.38. The summed E-state index contributed by atoms with van der Waals surface area (Å²) in [6.07, 6.45) is 1.01. The van der Waals surface area contributed by atoms with Gasteiger partial charge in [0.05, 0.1) is 39.1 Å². The van der Waals surface area contributed by atoms with E-state index in [0.717, 1.165) is 27.8 Å². The third-order valence-corrected chi connectivity index (χ3v) is 7.46. The van der Waals surface area contributed by atoms with Crippen molar-refractivity contribution in [3.05, 3.63) is 155 Å². The molecule has 0 aromatic heterocycles. The van der Waals surface area contributed by atoms with E-state index in [1.54, 1.807) is 0 Å². The van der Waals surface area contributed by atoms with Crippen LogP contribution in [0.3, 0.4) is 0 Å². The first-order valence-electron chi connectivity index (χ1n) is 14.7. The summed E-state index contributed by atoms with van der Waals surface area (Å²) in [7, 11) is 0. The van der Waals surface area contributed by atoms with Crippen LogP contribution >= 0.6 is 0 Å². The van der Waals surface area contributed by atoms with E-state index >= 15 is 0 Å². The Balaban J connectivity index is 1.42. The van der Waals surface area contributed by atoms with E-state index in [0.29, 0.717) is 45.9 Å². The van der Waals surface area contributed by atoms with Crippen LogP contribution in [0, 0.1) is 0 Å². The van der Waals surface area contributed by atoms with Crippen molar-refractivity contribution in [2.45, 2.75) is 63.7 Å². The van der Waals surface area contributed by atoms with Crippen molar-refractivity contribution >= 4 is 0 Å². The number of hydrogen-bond acceptors (Lipinski definition) is 5. The van der Waals surface area contributed by atoms with Gasteiger partial charge >= 0.3 is 0 Å². The first-order valence-corrected chi connectivity index (χ1v) is 14.7. The zero-order valence-electron chi connectivity index (χ0n) is 24.0. The van der Waals surface area contributed by atoms with Crippen LogP contribution in [0.5, 0.6) is 0 Å². The van der Waals surface area contributed by atoms with Crippen LogP contribution in [0.15, 0.2) is 133 Å². The Labute approximate surface area is 249 Å². The highest BCUT2D eigenvalue weighted by molar-refractivity contribution is 5.20. The van der Waals surface area contributed by atoms with Crippen molar-refractivity contribution in [3.8, 4) is 0 Å². The zero-order valence-corrected chi connectivity index (χ0v) is 24.0. The molecule has 4 aromatic rings. The smallest absolute Gasteiger partial charge is 0.117 e. The molecule has 0 radical (unpaired) electrons. The van der Waals surface area contributed by atoms with Crippen LogP contribution in [-0.4, -0.2) is 36.1 Å². The predicted octanol–water partition coefficient (Wildman–Crippen LogP) is 7.04. The maximum atomic E-state index is 11.4. The molecule has 0 spiro atoms. The number of aliphatic hydroxyl groups excluding tert-OH is 1. The lowest BCUT2D eigenvalue weighted by molar-refractivity contribution is -0.175. The van der Waals surface area contributed by atoms with Gasteiger partial charge in [-0.2, -0.15) is 0 Å². The summed E-state index contributed by atoms with van der Waals surface area (Å²) in [6, 6.07) is 40.4. The average molecular weight is 565 g/mol. The molecule has 4 unspecified atom stereocenters. The molecule has 0 saturated carbocycles. The maximum Gasteiger partial charge on any atom is 0.117 e.